The molecule has 1 aliphatic heterocycles. The molecule has 4 heteroatoms. The maximum Gasteiger partial charge on any atom is 0.185 e. The SMILES string of the molecule is CCC1CCCN1c1nc(CNC2CC2)cs1. The van der Waals surface area contributed by atoms with Crippen LogP contribution in [0.25, 0.3) is 0 Å². The van der Waals surface area contributed by atoms with E-state index < -0.39 is 0 Å². The minimum absolute atomic E-state index is 0.727. The van der Waals surface area contributed by atoms with Gasteiger partial charge < -0.3 is 10.2 Å². The monoisotopic (exact) mass is 251 g/mol. The van der Waals surface area contributed by atoms with Gasteiger partial charge in [-0.1, -0.05) is 6.92 Å². The Kier molecular flexibility index (Phi) is 3.34. The Morgan fingerprint density at radius 1 is 1.47 bits per heavy atom. The van der Waals surface area contributed by atoms with Crippen molar-refractivity contribution < 1.29 is 0 Å². The van der Waals surface area contributed by atoms with Gasteiger partial charge in [-0.3, -0.25) is 0 Å². The van der Waals surface area contributed by atoms with Crippen molar-refractivity contribution in [1.82, 2.24) is 10.3 Å². The van der Waals surface area contributed by atoms with Gasteiger partial charge in [-0.25, -0.2) is 4.98 Å². The van der Waals surface area contributed by atoms with Crippen molar-refractivity contribution in [1.29, 1.82) is 0 Å². The molecule has 1 aromatic heterocycles. The lowest BCUT2D eigenvalue weighted by Gasteiger charge is -2.22. The van der Waals surface area contributed by atoms with Crippen LogP contribution in [0.5, 0.6) is 0 Å². The number of nitrogens with zero attached hydrogens (tertiary/aromatic N) is 2. The number of hydrogen-bond donors (Lipinski definition) is 1. The quantitative estimate of drug-likeness (QED) is 0.872. The summed E-state index contributed by atoms with van der Waals surface area (Å²) in [6, 6.07) is 1.50. The summed E-state index contributed by atoms with van der Waals surface area (Å²) < 4.78 is 0. The summed E-state index contributed by atoms with van der Waals surface area (Å²) in [7, 11) is 0. The van der Waals surface area contributed by atoms with Gasteiger partial charge in [-0.2, -0.15) is 0 Å². The molecule has 17 heavy (non-hydrogen) atoms. The molecule has 0 radical (unpaired) electrons. The maximum atomic E-state index is 4.77. The Morgan fingerprint density at radius 2 is 2.35 bits per heavy atom. The van der Waals surface area contributed by atoms with Crippen LogP contribution < -0.4 is 10.2 Å². The fraction of sp³-hybridized carbons (Fsp3) is 0.769. The minimum atomic E-state index is 0.727. The average Bonchev–Trinajstić information content (AvgIpc) is 2.89. The summed E-state index contributed by atoms with van der Waals surface area (Å²) in [6.45, 7) is 4.43. The third kappa shape index (κ3) is 2.63. The fourth-order valence-corrected chi connectivity index (χ4v) is 3.48. The highest BCUT2D eigenvalue weighted by Gasteiger charge is 2.25. The van der Waals surface area contributed by atoms with Gasteiger partial charge in [0.05, 0.1) is 5.69 Å². The average molecular weight is 251 g/mol. The zero-order valence-electron chi connectivity index (χ0n) is 10.5. The molecule has 94 valence electrons. The molecule has 1 aliphatic carbocycles. The molecule has 1 saturated heterocycles. The predicted molar refractivity (Wildman–Crippen MR) is 72.6 cm³/mol. The number of anilines is 1. The first kappa shape index (κ1) is 11.5. The standard InChI is InChI=1S/C13H21N3S/c1-2-12-4-3-7-16(12)13-15-11(9-17-13)8-14-10-5-6-10/h9-10,12,14H,2-8H2,1H3. The Bertz CT molecular complexity index is 372. The van der Waals surface area contributed by atoms with Crippen molar-refractivity contribution in [2.75, 3.05) is 11.4 Å². The van der Waals surface area contributed by atoms with E-state index in [0.29, 0.717) is 0 Å². The zero-order chi connectivity index (χ0) is 11.7. The summed E-state index contributed by atoms with van der Waals surface area (Å²) in [5.74, 6) is 0. The topological polar surface area (TPSA) is 28.2 Å². The Hall–Kier alpha value is -0.610. The highest BCUT2D eigenvalue weighted by molar-refractivity contribution is 7.13. The van der Waals surface area contributed by atoms with Gasteiger partial charge in [0.15, 0.2) is 5.13 Å². The third-order valence-electron chi connectivity index (χ3n) is 3.78. The largest absolute Gasteiger partial charge is 0.345 e. The molecule has 3 rings (SSSR count). The van der Waals surface area contributed by atoms with Gasteiger partial charge in [-0.05, 0) is 32.1 Å². The Morgan fingerprint density at radius 3 is 3.12 bits per heavy atom. The molecule has 1 saturated carbocycles. The molecular weight excluding hydrogens is 230 g/mol. The molecule has 0 bridgehead atoms. The lowest BCUT2D eigenvalue weighted by Crippen LogP contribution is -2.28. The van der Waals surface area contributed by atoms with E-state index in [0.717, 1.165) is 18.6 Å². The number of aromatic nitrogens is 1. The van der Waals surface area contributed by atoms with E-state index in [4.69, 9.17) is 4.98 Å². The molecule has 1 atom stereocenters. The molecule has 3 nitrogen and oxygen atoms in total. The number of rotatable bonds is 5. The Balaban J connectivity index is 1.62. The molecule has 2 fully saturated rings. The first-order valence-corrected chi connectivity index (χ1v) is 7.69. The van der Waals surface area contributed by atoms with E-state index in [-0.39, 0.29) is 0 Å². The highest BCUT2D eigenvalue weighted by atomic mass is 32.1. The summed E-state index contributed by atoms with van der Waals surface area (Å²) >= 11 is 1.81. The van der Waals surface area contributed by atoms with Gasteiger partial charge in [0.2, 0.25) is 0 Å². The normalized spacial score (nSPS) is 24.5. The second-order valence-corrected chi connectivity index (χ2v) is 6.01. The van der Waals surface area contributed by atoms with Crippen molar-refractivity contribution in [2.45, 2.75) is 57.7 Å². The molecule has 2 aliphatic rings. The van der Waals surface area contributed by atoms with Crippen LogP contribution in [0.2, 0.25) is 0 Å². The number of hydrogen-bond acceptors (Lipinski definition) is 4. The summed E-state index contributed by atoms with van der Waals surface area (Å²) in [4.78, 5) is 7.28. The van der Waals surface area contributed by atoms with Gasteiger partial charge in [0.1, 0.15) is 0 Å². The molecular formula is C13H21N3S. The van der Waals surface area contributed by atoms with Crippen LogP contribution in [0, 0.1) is 0 Å². The second kappa shape index (κ2) is 4.94. The van der Waals surface area contributed by atoms with Gasteiger partial charge in [0, 0.05) is 30.6 Å². The summed E-state index contributed by atoms with van der Waals surface area (Å²) in [5.41, 5.74) is 1.22. The van der Waals surface area contributed by atoms with E-state index in [1.165, 1.54) is 49.5 Å². The minimum Gasteiger partial charge on any atom is -0.345 e. The van der Waals surface area contributed by atoms with Crippen molar-refractivity contribution in [3.8, 4) is 0 Å². The van der Waals surface area contributed by atoms with Crippen LogP contribution in [-0.2, 0) is 6.54 Å². The third-order valence-corrected chi connectivity index (χ3v) is 4.71. The molecule has 1 N–H and O–H groups in total. The molecule has 0 aromatic carbocycles. The number of nitrogens with one attached hydrogen (secondary N) is 1. The van der Waals surface area contributed by atoms with Gasteiger partial charge >= 0.3 is 0 Å². The summed E-state index contributed by atoms with van der Waals surface area (Å²) in [5, 5.41) is 6.98. The van der Waals surface area contributed by atoms with Crippen LogP contribution in [0.1, 0.15) is 44.7 Å². The first-order valence-electron chi connectivity index (χ1n) is 6.81. The first-order chi connectivity index (χ1) is 8.36. The smallest absolute Gasteiger partial charge is 0.185 e. The fourth-order valence-electron chi connectivity index (χ4n) is 2.56. The highest BCUT2D eigenvalue weighted by Crippen LogP contribution is 2.30. The zero-order valence-corrected chi connectivity index (χ0v) is 11.3. The van der Waals surface area contributed by atoms with Crippen LogP contribution in [0.15, 0.2) is 5.38 Å². The van der Waals surface area contributed by atoms with E-state index in [9.17, 15) is 0 Å². The second-order valence-electron chi connectivity index (χ2n) is 5.17. The molecule has 0 spiro atoms. The summed E-state index contributed by atoms with van der Waals surface area (Å²) in [6.07, 6.45) is 6.61. The van der Waals surface area contributed by atoms with Crippen LogP contribution in [0.4, 0.5) is 5.13 Å². The predicted octanol–water partition coefficient (Wildman–Crippen LogP) is 2.77. The maximum absolute atomic E-state index is 4.77. The molecule has 2 heterocycles. The van der Waals surface area contributed by atoms with E-state index >= 15 is 0 Å². The van der Waals surface area contributed by atoms with Crippen molar-refractivity contribution in [3.05, 3.63) is 11.1 Å². The van der Waals surface area contributed by atoms with Crippen molar-refractivity contribution in [2.24, 2.45) is 0 Å². The molecule has 0 amide bonds. The lowest BCUT2D eigenvalue weighted by atomic mass is 10.2. The van der Waals surface area contributed by atoms with E-state index in [1.807, 2.05) is 11.3 Å². The number of thiazole rings is 1. The molecule has 1 aromatic rings. The Labute approximate surface area is 107 Å². The van der Waals surface area contributed by atoms with Gasteiger partial charge in [-0.15, -0.1) is 11.3 Å². The van der Waals surface area contributed by atoms with Gasteiger partial charge in [0.25, 0.3) is 0 Å². The van der Waals surface area contributed by atoms with E-state index in [1.54, 1.807) is 0 Å². The van der Waals surface area contributed by atoms with Crippen LogP contribution >= 0.6 is 11.3 Å². The lowest BCUT2D eigenvalue weighted by molar-refractivity contribution is 0.640. The van der Waals surface area contributed by atoms with Crippen LogP contribution in [0.3, 0.4) is 0 Å². The molecule has 1 unspecified atom stereocenters. The van der Waals surface area contributed by atoms with Crippen molar-refractivity contribution >= 4 is 16.5 Å². The van der Waals surface area contributed by atoms with Crippen LogP contribution in [-0.4, -0.2) is 23.6 Å². The van der Waals surface area contributed by atoms with E-state index in [2.05, 4.69) is 22.5 Å². The van der Waals surface area contributed by atoms with Crippen molar-refractivity contribution in [3.63, 3.8) is 0 Å².